The fourth-order valence-electron chi connectivity index (χ4n) is 1.23. The number of aliphatic hydroxyl groups excluding tert-OH is 1. The Morgan fingerprint density at radius 3 is 2.12 bits per heavy atom. The van der Waals surface area contributed by atoms with Gasteiger partial charge in [0.15, 0.2) is 10.6 Å². The lowest BCUT2D eigenvalue weighted by Gasteiger charge is -2.29. The van der Waals surface area contributed by atoms with Gasteiger partial charge in [-0.3, -0.25) is 4.79 Å². The number of halogens is 3. The monoisotopic (exact) mass is 289 g/mol. The van der Waals surface area contributed by atoms with E-state index in [0.29, 0.717) is 12.8 Å². The van der Waals surface area contributed by atoms with Crippen LogP contribution < -0.4 is 5.32 Å². The lowest BCUT2D eigenvalue weighted by Crippen LogP contribution is -2.51. The number of hydrogen-bond acceptors (Lipinski definition) is 2. The van der Waals surface area contributed by atoms with E-state index < -0.39 is 15.9 Å². The second-order valence-electron chi connectivity index (χ2n) is 3.72. The van der Waals surface area contributed by atoms with Gasteiger partial charge in [-0.25, -0.2) is 0 Å². The molecule has 1 amide bonds. The molecule has 0 saturated heterocycles. The van der Waals surface area contributed by atoms with Crippen LogP contribution in [0.5, 0.6) is 0 Å². The highest BCUT2D eigenvalue weighted by Gasteiger charge is 2.40. The molecule has 2 unspecified atom stereocenters. The van der Waals surface area contributed by atoms with E-state index in [2.05, 4.69) is 5.32 Å². The SMILES string of the molecule is CCC(CC)C(=O)NC(O)C(Cl)(Cl)C(C)Cl. The zero-order valence-electron chi connectivity index (χ0n) is 9.64. The molecule has 96 valence electrons. The summed E-state index contributed by atoms with van der Waals surface area (Å²) in [6.45, 7) is 5.35. The molecule has 0 radical (unpaired) electrons. The van der Waals surface area contributed by atoms with Crippen LogP contribution in [0.4, 0.5) is 0 Å². The van der Waals surface area contributed by atoms with Crippen molar-refractivity contribution in [3.63, 3.8) is 0 Å². The largest absolute Gasteiger partial charge is 0.370 e. The molecule has 0 aromatic heterocycles. The summed E-state index contributed by atoms with van der Waals surface area (Å²) in [5.41, 5.74) is 0. The van der Waals surface area contributed by atoms with Gasteiger partial charge in [0.25, 0.3) is 0 Å². The Labute approximate surface area is 111 Å². The van der Waals surface area contributed by atoms with Gasteiger partial charge in [0, 0.05) is 5.92 Å². The van der Waals surface area contributed by atoms with Crippen molar-refractivity contribution in [3.05, 3.63) is 0 Å². The molecule has 0 saturated carbocycles. The van der Waals surface area contributed by atoms with Crippen LogP contribution in [0.1, 0.15) is 33.6 Å². The minimum Gasteiger partial charge on any atom is -0.370 e. The summed E-state index contributed by atoms with van der Waals surface area (Å²) in [5.74, 6) is -0.412. The van der Waals surface area contributed by atoms with Crippen LogP contribution in [0.2, 0.25) is 0 Å². The number of amides is 1. The van der Waals surface area contributed by atoms with Crippen LogP contribution in [0.15, 0.2) is 0 Å². The molecule has 0 fully saturated rings. The standard InChI is InChI=1S/C10H18Cl3NO2/c1-4-7(5-2)8(15)14-9(16)10(12,13)6(3)11/h6-7,9,16H,4-5H2,1-3H3,(H,14,15). The van der Waals surface area contributed by atoms with Gasteiger partial charge in [-0.2, -0.15) is 0 Å². The average Bonchev–Trinajstić information content (AvgIpc) is 2.18. The second kappa shape index (κ2) is 6.90. The summed E-state index contributed by atoms with van der Waals surface area (Å²) in [4.78, 5) is 11.7. The number of carbonyl (C=O) groups is 1. The van der Waals surface area contributed by atoms with Crippen LogP contribution in [0.25, 0.3) is 0 Å². The fraction of sp³-hybridized carbons (Fsp3) is 0.900. The first kappa shape index (κ1) is 16.3. The lowest BCUT2D eigenvalue weighted by molar-refractivity contribution is -0.128. The molecule has 0 aliphatic heterocycles. The van der Waals surface area contributed by atoms with E-state index in [1.54, 1.807) is 6.92 Å². The number of rotatable bonds is 6. The molecule has 0 bridgehead atoms. The normalized spacial score (nSPS) is 16.0. The molecule has 0 aromatic carbocycles. The fourth-order valence-corrected chi connectivity index (χ4v) is 1.45. The molecule has 0 rings (SSSR count). The van der Waals surface area contributed by atoms with Crippen LogP contribution >= 0.6 is 34.8 Å². The summed E-state index contributed by atoms with van der Waals surface area (Å²) in [6, 6.07) is 0. The van der Waals surface area contributed by atoms with E-state index in [1.807, 2.05) is 13.8 Å². The summed E-state index contributed by atoms with van der Waals surface area (Å²) in [7, 11) is 0. The van der Waals surface area contributed by atoms with Gasteiger partial charge in [-0.05, 0) is 19.8 Å². The quantitative estimate of drug-likeness (QED) is 0.584. The van der Waals surface area contributed by atoms with Crippen molar-refractivity contribution in [1.29, 1.82) is 0 Å². The van der Waals surface area contributed by atoms with Gasteiger partial charge in [0.2, 0.25) is 5.91 Å². The van der Waals surface area contributed by atoms with Crippen molar-refractivity contribution in [2.75, 3.05) is 0 Å². The maximum atomic E-state index is 11.7. The van der Waals surface area contributed by atoms with Crippen LogP contribution in [-0.4, -0.2) is 27.0 Å². The molecule has 16 heavy (non-hydrogen) atoms. The van der Waals surface area contributed by atoms with Crippen LogP contribution in [-0.2, 0) is 4.79 Å². The molecule has 0 aromatic rings. The summed E-state index contributed by atoms with van der Waals surface area (Å²) < 4.78 is -1.59. The molecule has 2 atom stereocenters. The van der Waals surface area contributed by atoms with Gasteiger partial charge < -0.3 is 10.4 Å². The molecule has 6 heteroatoms. The molecular weight excluding hydrogens is 272 g/mol. The van der Waals surface area contributed by atoms with Gasteiger partial charge >= 0.3 is 0 Å². The highest BCUT2D eigenvalue weighted by atomic mass is 35.5. The molecule has 3 nitrogen and oxygen atoms in total. The van der Waals surface area contributed by atoms with Crippen molar-refractivity contribution in [3.8, 4) is 0 Å². The van der Waals surface area contributed by atoms with E-state index >= 15 is 0 Å². The summed E-state index contributed by atoms with van der Waals surface area (Å²) in [6.07, 6.45) is 0.0166. The third kappa shape index (κ3) is 4.28. The molecule has 0 heterocycles. The first-order valence-corrected chi connectivity index (χ1v) is 6.46. The number of alkyl halides is 3. The topological polar surface area (TPSA) is 49.3 Å². The molecule has 0 aliphatic carbocycles. The lowest BCUT2D eigenvalue weighted by atomic mass is 10.0. The van der Waals surface area contributed by atoms with Crippen LogP contribution in [0, 0.1) is 5.92 Å². The Balaban J connectivity index is 4.45. The molecule has 0 spiro atoms. The van der Waals surface area contributed by atoms with E-state index in [0.717, 1.165) is 0 Å². The van der Waals surface area contributed by atoms with Gasteiger partial charge in [-0.1, -0.05) is 37.0 Å². The van der Waals surface area contributed by atoms with E-state index in [1.165, 1.54) is 0 Å². The van der Waals surface area contributed by atoms with Crippen molar-refractivity contribution >= 4 is 40.7 Å². The predicted molar refractivity (Wildman–Crippen MR) is 68.0 cm³/mol. The first-order valence-electron chi connectivity index (χ1n) is 5.27. The maximum Gasteiger partial charge on any atom is 0.225 e. The number of aliphatic hydroxyl groups is 1. The second-order valence-corrected chi connectivity index (χ2v) is 5.81. The zero-order valence-corrected chi connectivity index (χ0v) is 11.9. The molecule has 0 aliphatic rings. The van der Waals surface area contributed by atoms with Gasteiger partial charge in [-0.15, -0.1) is 11.6 Å². The first-order chi connectivity index (χ1) is 7.27. The van der Waals surface area contributed by atoms with E-state index in [-0.39, 0.29) is 11.8 Å². The molecular formula is C10H18Cl3NO2. The predicted octanol–water partition coefficient (Wildman–Crippen LogP) is 2.66. The summed E-state index contributed by atoms with van der Waals surface area (Å²) in [5, 5.41) is 11.4. The zero-order chi connectivity index (χ0) is 12.9. The Kier molecular flexibility index (Phi) is 7.03. The summed E-state index contributed by atoms with van der Waals surface area (Å²) >= 11 is 17.4. The highest BCUT2D eigenvalue weighted by Crippen LogP contribution is 2.32. The van der Waals surface area contributed by atoms with E-state index in [4.69, 9.17) is 34.8 Å². The smallest absolute Gasteiger partial charge is 0.225 e. The molecule has 2 N–H and O–H groups in total. The van der Waals surface area contributed by atoms with Crippen molar-refractivity contribution in [1.82, 2.24) is 5.32 Å². The third-order valence-electron chi connectivity index (χ3n) is 2.53. The van der Waals surface area contributed by atoms with Gasteiger partial charge in [0.1, 0.15) is 0 Å². The maximum absolute atomic E-state index is 11.7. The van der Waals surface area contributed by atoms with Crippen molar-refractivity contribution < 1.29 is 9.90 Å². The Morgan fingerprint density at radius 2 is 1.81 bits per heavy atom. The van der Waals surface area contributed by atoms with Crippen molar-refractivity contribution in [2.45, 2.75) is 49.6 Å². The minimum atomic E-state index is -1.59. The Bertz CT molecular complexity index is 230. The highest BCUT2D eigenvalue weighted by molar-refractivity contribution is 6.52. The Hall–Kier alpha value is 0.300. The third-order valence-corrected chi connectivity index (χ3v) is 4.17. The van der Waals surface area contributed by atoms with Crippen LogP contribution in [0.3, 0.4) is 0 Å². The number of hydrogen-bond donors (Lipinski definition) is 2. The minimum absolute atomic E-state index is 0.149. The number of carbonyl (C=O) groups excluding carboxylic acids is 1. The average molecular weight is 291 g/mol. The van der Waals surface area contributed by atoms with Crippen molar-refractivity contribution in [2.24, 2.45) is 5.92 Å². The Morgan fingerprint density at radius 1 is 1.38 bits per heavy atom. The van der Waals surface area contributed by atoms with Gasteiger partial charge in [0.05, 0.1) is 5.38 Å². The number of nitrogens with one attached hydrogen (secondary N) is 1. The van der Waals surface area contributed by atoms with E-state index in [9.17, 15) is 9.90 Å².